The molecule has 5 nitrogen and oxygen atoms in total. The largest absolute Gasteiger partial charge is 0.435 e. The summed E-state index contributed by atoms with van der Waals surface area (Å²) in [5.41, 5.74) is -0.978. The second-order valence-corrected chi connectivity index (χ2v) is 4.17. The predicted molar refractivity (Wildman–Crippen MR) is 60.5 cm³/mol. The summed E-state index contributed by atoms with van der Waals surface area (Å²) in [6.07, 6.45) is -4.42. The van der Waals surface area contributed by atoms with Gasteiger partial charge in [-0.1, -0.05) is 0 Å². The zero-order valence-corrected chi connectivity index (χ0v) is 10.7. The van der Waals surface area contributed by atoms with E-state index < -0.39 is 18.0 Å². The van der Waals surface area contributed by atoms with Crippen molar-refractivity contribution in [1.82, 2.24) is 9.78 Å². The number of rotatable bonds is 7. The Hall–Kier alpha value is -1.12. The first-order chi connectivity index (χ1) is 8.82. The fraction of sp³-hybridized carbons (Fsp3) is 0.727. The number of ether oxygens (including phenoxy) is 2. The summed E-state index contributed by atoms with van der Waals surface area (Å²) in [7, 11) is 1.53. The monoisotopic (exact) mass is 282 g/mol. The van der Waals surface area contributed by atoms with E-state index >= 15 is 0 Å². The van der Waals surface area contributed by atoms with Gasteiger partial charge in [-0.2, -0.15) is 18.3 Å². The van der Waals surface area contributed by atoms with Gasteiger partial charge in [-0.3, -0.25) is 4.68 Å². The molecule has 2 unspecified atom stereocenters. The lowest BCUT2D eigenvalue weighted by atomic mass is 10.3. The van der Waals surface area contributed by atoms with Gasteiger partial charge in [-0.15, -0.1) is 0 Å². The number of alkyl halides is 3. The topological polar surface area (TPSA) is 56.5 Å². The second-order valence-electron chi connectivity index (χ2n) is 4.17. The van der Waals surface area contributed by atoms with Gasteiger partial charge >= 0.3 is 6.18 Å². The number of halogens is 3. The van der Waals surface area contributed by atoms with Gasteiger partial charge in [0.05, 0.1) is 32.0 Å². The molecule has 110 valence electrons. The molecule has 0 aliphatic rings. The van der Waals surface area contributed by atoms with Gasteiger partial charge in [-0.05, 0) is 13.0 Å². The Morgan fingerprint density at radius 3 is 2.63 bits per heavy atom. The number of aromatic nitrogens is 2. The second kappa shape index (κ2) is 6.88. The van der Waals surface area contributed by atoms with E-state index in [9.17, 15) is 18.3 Å². The Bertz CT molecular complexity index is 382. The van der Waals surface area contributed by atoms with Crippen LogP contribution in [0.5, 0.6) is 0 Å². The predicted octanol–water partition coefficient (Wildman–Crippen LogP) is 1.31. The molecular weight excluding hydrogens is 265 g/mol. The molecule has 0 amide bonds. The minimum atomic E-state index is -4.47. The number of aliphatic hydroxyl groups excluding tert-OH is 1. The Morgan fingerprint density at radius 2 is 2.11 bits per heavy atom. The standard InChI is InChI=1S/C11H17F3N2O3/c1-8(6-18-2)19-7-9(17)5-16-4-3-10(15-16)11(12,13)14/h3-4,8-9,17H,5-7H2,1-2H3. The minimum Gasteiger partial charge on any atom is -0.389 e. The van der Waals surface area contributed by atoms with Crippen LogP contribution in [-0.2, 0) is 22.2 Å². The van der Waals surface area contributed by atoms with Crippen LogP contribution in [0.3, 0.4) is 0 Å². The van der Waals surface area contributed by atoms with Crippen LogP contribution in [0, 0.1) is 0 Å². The third kappa shape index (κ3) is 5.58. The summed E-state index contributed by atoms with van der Waals surface area (Å²) < 4.78 is 48.0. The van der Waals surface area contributed by atoms with Crippen LogP contribution in [0.1, 0.15) is 12.6 Å². The maximum atomic E-state index is 12.3. The summed E-state index contributed by atoms with van der Waals surface area (Å²) in [4.78, 5) is 0. The molecule has 1 N–H and O–H groups in total. The average Bonchev–Trinajstić information content (AvgIpc) is 2.75. The quantitative estimate of drug-likeness (QED) is 0.819. The van der Waals surface area contributed by atoms with Crippen LogP contribution in [0.15, 0.2) is 12.3 Å². The first kappa shape index (κ1) is 15.9. The van der Waals surface area contributed by atoms with Gasteiger partial charge in [0.2, 0.25) is 0 Å². The first-order valence-electron chi connectivity index (χ1n) is 5.72. The highest BCUT2D eigenvalue weighted by atomic mass is 19.4. The molecule has 0 saturated carbocycles. The van der Waals surface area contributed by atoms with Crippen molar-refractivity contribution in [3.63, 3.8) is 0 Å². The van der Waals surface area contributed by atoms with Crippen molar-refractivity contribution in [3.8, 4) is 0 Å². The van der Waals surface area contributed by atoms with Crippen LogP contribution in [-0.4, -0.2) is 47.4 Å². The van der Waals surface area contributed by atoms with Gasteiger partial charge < -0.3 is 14.6 Å². The molecule has 0 aromatic carbocycles. The highest BCUT2D eigenvalue weighted by Gasteiger charge is 2.33. The van der Waals surface area contributed by atoms with Crippen LogP contribution < -0.4 is 0 Å². The van der Waals surface area contributed by atoms with Crippen molar-refractivity contribution in [2.75, 3.05) is 20.3 Å². The van der Waals surface area contributed by atoms with E-state index in [-0.39, 0.29) is 19.3 Å². The Balaban J connectivity index is 2.40. The molecule has 2 atom stereocenters. The molecule has 0 saturated heterocycles. The molecule has 0 bridgehead atoms. The summed E-state index contributed by atoms with van der Waals surface area (Å²) in [6.45, 7) is 2.10. The lowest BCUT2D eigenvalue weighted by molar-refractivity contribution is -0.141. The third-order valence-electron chi connectivity index (χ3n) is 2.30. The molecule has 0 spiro atoms. The van der Waals surface area contributed by atoms with Crippen molar-refractivity contribution in [3.05, 3.63) is 18.0 Å². The van der Waals surface area contributed by atoms with Crippen molar-refractivity contribution in [1.29, 1.82) is 0 Å². The van der Waals surface area contributed by atoms with Crippen molar-refractivity contribution in [2.45, 2.75) is 31.9 Å². The fourth-order valence-corrected chi connectivity index (χ4v) is 1.44. The lowest BCUT2D eigenvalue weighted by Crippen LogP contribution is -2.26. The van der Waals surface area contributed by atoms with E-state index in [0.717, 1.165) is 10.7 Å². The summed E-state index contributed by atoms with van der Waals surface area (Å²) in [6, 6.07) is 0.862. The van der Waals surface area contributed by atoms with E-state index in [1.165, 1.54) is 13.3 Å². The number of aliphatic hydroxyl groups is 1. The molecular formula is C11H17F3N2O3. The molecule has 1 aromatic rings. The molecule has 0 aliphatic carbocycles. The number of methoxy groups -OCH3 is 1. The SMILES string of the molecule is COCC(C)OCC(O)Cn1ccc(C(F)(F)F)n1. The molecule has 1 aromatic heterocycles. The van der Waals surface area contributed by atoms with Gasteiger partial charge in [0.1, 0.15) is 0 Å². The number of hydrogen-bond acceptors (Lipinski definition) is 4. The molecule has 19 heavy (non-hydrogen) atoms. The van der Waals surface area contributed by atoms with Crippen LogP contribution >= 0.6 is 0 Å². The first-order valence-corrected chi connectivity index (χ1v) is 5.72. The summed E-state index contributed by atoms with van der Waals surface area (Å²) in [5, 5.41) is 13.0. The van der Waals surface area contributed by atoms with Crippen molar-refractivity contribution in [2.24, 2.45) is 0 Å². The normalized spacial score (nSPS) is 15.5. The molecule has 0 aliphatic heterocycles. The van der Waals surface area contributed by atoms with Gasteiger partial charge in [0, 0.05) is 13.3 Å². The Labute approximate surface area is 108 Å². The smallest absolute Gasteiger partial charge is 0.389 e. The molecule has 1 heterocycles. The average molecular weight is 282 g/mol. The Kier molecular flexibility index (Phi) is 5.77. The number of hydrogen-bond donors (Lipinski definition) is 1. The molecule has 1 rings (SSSR count). The highest BCUT2D eigenvalue weighted by Crippen LogP contribution is 2.27. The van der Waals surface area contributed by atoms with Crippen LogP contribution in [0.25, 0.3) is 0 Å². The van der Waals surface area contributed by atoms with E-state index in [0.29, 0.717) is 6.61 Å². The third-order valence-corrected chi connectivity index (χ3v) is 2.30. The maximum Gasteiger partial charge on any atom is 0.435 e. The minimum absolute atomic E-state index is 0.00569. The number of nitrogens with zero attached hydrogens (tertiary/aromatic N) is 2. The van der Waals surface area contributed by atoms with E-state index in [1.54, 1.807) is 6.92 Å². The van der Waals surface area contributed by atoms with E-state index in [2.05, 4.69) is 5.10 Å². The zero-order valence-electron chi connectivity index (χ0n) is 10.7. The van der Waals surface area contributed by atoms with Gasteiger partial charge in [-0.25, -0.2) is 0 Å². The van der Waals surface area contributed by atoms with E-state index in [1.807, 2.05) is 0 Å². The summed E-state index contributed by atoms with van der Waals surface area (Å²) in [5.74, 6) is 0. The van der Waals surface area contributed by atoms with Crippen LogP contribution in [0.4, 0.5) is 13.2 Å². The highest BCUT2D eigenvalue weighted by molar-refractivity contribution is 5.03. The molecule has 0 fully saturated rings. The molecule has 8 heteroatoms. The molecule has 0 radical (unpaired) electrons. The van der Waals surface area contributed by atoms with E-state index in [4.69, 9.17) is 9.47 Å². The van der Waals surface area contributed by atoms with Crippen molar-refractivity contribution >= 4 is 0 Å². The van der Waals surface area contributed by atoms with Gasteiger partial charge in [0.15, 0.2) is 5.69 Å². The van der Waals surface area contributed by atoms with Gasteiger partial charge in [0.25, 0.3) is 0 Å². The fourth-order valence-electron chi connectivity index (χ4n) is 1.44. The van der Waals surface area contributed by atoms with Crippen molar-refractivity contribution < 1.29 is 27.8 Å². The zero-order chi connectivity index (χ0) is 14.5. The van der Waals surface area contributed by atoms with Crippen LogP contribution in [0.2, 0.25) is 0 Å². The maximum absolute atomic E-state index is 12.3. The lowest BCUT2D eigenvalue weighted by Gasteiger charge is -2.15. The summed E-state index contributed by atoms with van der Waals surface area (Å²) >= 11 is 0. The Morgan fingerprint density at radius 1 is 1.42 bits per heavy atom.